The Bertz CT molecular complexity index is 537. The van der Waals surface area contributed by atoms with Crippen molar-refractivity contribution in [1.29, 1.82) is 0 Å². The quantitative estimate of drug-likeness (QED) is 0.891. The molecule has 6 heteroatoms. The standard InChI is InChI=1S/C13H13Cl2N3O/c14-12-8-17-10(13(15)18-12)6-16-7-11(19)9-4-2-1-3-5-9/h1-5,8,11,16,19H,6-7H2. The molecule has 4 nitrogen and oxygen atoms in total. The molecular formula is C13H13Cl2N3O. The minimum atomic E-state index is -0.569. The molecule has 1 heterocycles. The molecule has 0 aliphatic rings. The van der Waals surface area contributed by atoms with E-state index in [9.17, 15) is 5.11 Å². The Hall–Kier alpha value is -1.20. The van der Waals surface area contributed by atoms with Crippen LogP contribution in [0.15, 0.2) is 36.5 Å². The van der Waals surface area contributed by atoms with Crippen molar-refractivity contribution in [2.24, 2.45) is 0 Å². The molecule has 0 aliphatic heterocycles. The molecule has 0 aliphatic carbocycles. The van der Waals surface area contributed by atoms with E-state index in [0.717, 1.165) is 5.56 Å². The average molecular weight is 298 g/mol. The van der Waals surface area contributed by atoms with Crippen molar-refractivity contribution in [3.8, 4) is 0 Å². The van der Waals surface area contributed by atoms with Crippen molar-refractivity contribution in [3.63, 3.8) is 0 Å². The summed E-state index contributed by atoms with van der Waals surface area (Å²) in [5.74, 6) is 0. The summed E-state index contributed by atoms with van der Waals surface area (Å²) in [7, 11) is 0. The largest absolute Gasteiger partial charge is 0.387 e. The van der Waals surface area contributed by atoms with Crippen molar-refractivity contribution >= 4 is 23.2 Å². The highest BCUT2D eigenvalue weighted by molar-refractivity contribution is 6.32. The number of halogens is 2. The predicted octanol–water partition coefficient (Wildman–Crippen LogP) is 2.61. The SMILES string of the molecule is OC(CNCc1ncc(Cl)nc1Cl)c1ccccc1. The zero-order chi connectivity index (χ0) is 13.7. The molecule has 1 unspecified atom stereocenters. The fourth-order valence-corrected chi connectivity index (χ4v) is 1.99. The second kappa shape index (κ2) is 6.82. The Labute approximate surface area is 121 Å². The van der Waals surface area contributed by atoms with Crippen LogP contribution < -0.4 is 5.32 Å². The maximum Gasteiger partial charge on any atom is 0.153 e. The first-order valence-electron chi connectivity index (χ1n) is 5.77. The van der Waals surface area contributed by atoms with Gasteiger partial charge in [0.1, 0.15) is 5.15 Å². The van der Waals surface area contributed by atoms with Crippen LogP contribution in [-0.4, -0.2) is 21.6 Å². The highest BCUT2D eigenvalue weighted by Crippen LogP contribution is 2.14. The molecule has 2 aromatic rings. The lowest BCUT2D eigenvalue weighted by Gasteiger charge is -2.12. The number of aromatic nitrogens is 2. The molecule has 2 rings (SSSR count). The number of benzene rings is 1. The summed E-state index contributed by atoms with van der Waals surface area (Å²) in [6, 6.07) is 9.44. The number of rotatable bonds is 5. The van der Waals surface area contributed by atoms with E-state index in [1.54, 1.807) is 0 Å². The van der Waals surface area contributed by atoms with Gasteiger partial charge in [0.2, 0.25) is 0 Å². The molecular weight excluding hydrogens is 285 g/mol. The molecule has 1 aromatic carbocycles. The average Bonchev–Trinajstić information content (AvgIpc) is 2.42. The summed E-state index contributed by atoms with van der Waals surface area (Å²) in [5, 5.41) is 13.6. The van der Waals surface area contributed by atoms with E-state index in [1.165, 1.54) is 6.20 Å². The van der Waals surface area contributed by atoms with E-state index in [-0.39, 0.29) is 10.3 Å². The molecule has 1 aromatic heterocycles. The van der Waals surface area contributed by atoms with Crippen molar-refractivity contribution in [1.82, 2.24) is 15.3 Å². The molecule has 1 atom stereocenters. The number of aliphatic hydroxyl groups is 1. The van der Waals surface area contributed by atoms with Crippen LogP contribution in [0.25, 0.3) is 0 Å². The van der Waals surface area contributed by atoms with E-state index in [1.807, 2.05) is 30.3 Å². The minimum absolute atomic E-state index is 0.262. The Balaban J connectivity index is 1.86. The van der Waals surface area contributed by atoms with Gasteiger partial charge in [0, 0.05) is 13.1 Å². The van der Waals surface area contributed by atoms with Crippen LogP contribution in [0.3, 0.4) is 0 Å². The number of aliphatic hydroxyl groups excluding tert-OH is 1. The zero-order valence-electron chi connectivity index (χ0n) is 10.1. The molecule has 0 radical (unpaired) electrons. The fourth-order valence-electron chi connectivity index (χ4n) is 1.61. The van der Waals surface area contributed by atoms with Crippen LogP contribution in [0.1, 0.15) is 17.4 Å². The first-order chi connectivity index (χ1) is 9.16. The van der Waals surface area contributed by atoms with Crippen molar-refractivity contribution in [2.75, 3.05) is 6.54 Å². The highest BCUT2D eigenvalue weighted by atomic mass is 35.5. The molecule has 0 saturated carbocycles. The Morgan fingerprint density at radius 2 is 1.95 bits per heavy atom. The summed E-state index contributed by atoms with van der Waals surface area (Å²) in [6.07, 6.45) is 0.873. The predicted molar refractivity (Wildman–Crippen MR) is 75.2 cm³/mol. The monoisotopic (exact) mass is 297 g/mol. The first kappa shape index (κ1) is 14.2. The van der Waals surface area contributed by atoms with Crippen molar-refractivity contribution in [3.05, 3.63) is 58.1 Å². The van der Waals surface area contributed by atoms with Gasteiger partial charge >= 0.3 is 0 Å². The molecule has 0 spiro atoms. The van der Waals surface area contributed by atoms with Crippen molar-refractivity contribution in [2.45, 2.75) is 12.6 Å². The topological polar surface area (TPSA) is 58.0 Å². The second-order valence-electron chi connectivity index (χ2n) is 3.99. The third kappa shape index (κ3) is 4.14. The van der Waals surface area contributed by atoms with Crippen LogP contribution in [-0.2, 0) is 6.54 Å². The van der Waals surface area contributed by atoms with Gasteiger partial charge in [0.15, 0.2) is 5.15 Å². The van der Waals surface area contributed by atoms with Crippen molar-refractivity contribution < 1.29 is 5.11 Å². The lowest BCUT2D eigenvalue weighted by Crippen LogP contribution is -2.21. The van der Waals surface area contributed by atoms with E-state index < -0.39 is 6.10 Å². The normalized spacial score (nSPS) is 12.4. The van der Waals surface area contributed by atoms with Gasteiger partial charge in [-0.05, 0) is 5.56 Å². The van der Waals surface area contributed by atoms with Gasteiger partial charge in [-0.15, -0.1) is 0 Å². The molecule has 0 fully saturated rings. The summed E-state index contributed by atoms with van der Waals surface area (Å²) in [6.45, 7) is 0.831. The highest BCUT2D eigenvalue weighted by Gasteiger charge is 2.08. The van der Waals surface area contributed by atoms with Gasteiger partial charge in [-0.2, -0.15) is 0 Å². The van der Waals surface area contributed by atoms with Gasteiger partial charge < -0.3 is 10.4 Å². The molecule has 0 amide bonds. The van der Waals surface area contributed by atoms with Crippen LogP contribution in [0.4, 0.5) is 0 Å². The number of hydrogen-bond acceptors (Lipinski definition) is 4. The summed E-state index contributed by atoms with van der Waals surface area (Å²) < 4.78 is 0. The second-order valence-corrected chi connectivity index (χ2v) is 4.73. The summed E-state index contributed by atoms with van der Waals surface area (Å²) in [5.41, 5.74) is 1.47. The van der Waals surface area contributed by atoms with Gasteiger partial charge in [0.25, 0.3) is 0 Å². The molecule has 0 bridgehead atoms. The maximum absolute atomic E-state index is 9.96. The zero-order valence-corrected chi connectivity index (χ0v) is 11.6. The molecule has 19 heavy (non-hydrogen) atoms. The molecule has 100 valence electrons. The Kier molecular flexibility index (Phi) is 5.10. The smallest absolute Gasteiger partial charge is 0.153 e. The van der Waals surface area contributed by atoms with E-state index >= 15 is 0 Å². The fraction of sp³-hybridized carbons (Fsp3) is 0.231. The van der Waals surface area contributed by atoms with Gasteiger partial charge in [-0.1, -0.05) is 53.5 Å². The maximum atomic E-state index is 9.96. The van der Waals surface area contributed by atoms with E-state index in [4.69, 9.17) is 23.2 Å². The van der Waals surface area contributed by atoms with Gasteiger partial charge in [0.05, 0.1) is 18.0 Å². The third-order valence-corrected chi connectivity index (χ3v) is 3.07. The Morgan fingerprint density at radius 1 is 1.21 bits per heavy atom. The van der Waals surface area contributed by atoms with Crippen LogP contribution in [0.5, 0.6) is 0 Å². The third-order valence-electron chi connectivity index (χ3n) is 2.58. The van der Waals surface area contributed by atoms with Gasteiger partial charge in [-0.3, -0.25) is 4.98 Å². The lowest BCUT2D eigenvalue weighted by molar-refractivity contribution is 0.174. The lowest BCUT2D eigenvalue weighted by atomic mass is 10.1. The van der Waals surface area contributed by atoms with E-state index in [0.29, 0.717) is 18.8 Å². The summed E-state index contributed by atoms with van der Waals surface area (Å²) in [4.78, 5) is 7.97. The van der Waals surface area contributed by atoms with E-state index in [2.05, 4.69) is 15.3 Å². The van der Waals surface area contributed by atoms with Crippen LogP contribution in [0.2, 0.25) is 10.3 Å². The van der Waals surface area contributed by atoms with Crippen LogP contribution in [0, 0.1) is 0 Å². The number of nitrogens with zero attached hydrogens (tertiary/aromatic N) is 2. The number of nitrogens with one attached hydrogen (secondary N) is 1. The molecule has 0 saturated heterocycles. The first-order valence-corrected chi connectivity index (χ1v) is 6.53. The molecule has 2 N–H and O–H groups in total. The van der Waals surface area contributed by atoms with Crippen LogP contribution >= 0.6 is 23.2 Å². The van der Waals surface area contributed by atoms with Gasteiger partial charge in [-0.25, -0.2) is 4.98 Å². The Morgan fingerprint density at radius 3 is 2.63 bits per heavy atom. The minimum Gasteiger partial charge on any atom is -0.387 e. The number of hydrogen-bond donors (Lipinski definition) is 2. The summed E-state index contributed by atoms with van der Waals surface area (Å²) >= 11 is 11.6.